The normalized spacial score (nSPS) is 14.0. The van der Waals surface area contributed by atoms with Crippen molar-refractivity contribution in [1.29, 1.82) is 0 Å². The van der Waals surface area contributed by atoms with Crippen LogP contribution in [0.3, 0.4) is 0 Å². The van der Waals surface area contributed by atoms with E-state index in [0.29, 0.717) is 28.2 Å². The average Bonchev–Trinajstić information content (AvgIpc) is 3.09. The minimum Gasteiger partial charge on any atom is -0.326 e. The molecule has 12 heteroatoms. The molecule has 2 N–H and O–H groups in total. The molecule has 8 nitrogen and oxygen atoms in total. The number of benzene rings is 4. The molecule has 0 aliphatic carbocycles. The molecule has 0 unspecified atom stereocenters. The summed E-state index contributed by atoms with van der Waals surface area (Å²) in [6, 6.07) is 20.7. The van der Waals surface area contributed by atoms with Gasteiger partial charge in [-0.3, -0.25) is 13.8 Å². The van der Waals surface area contributed by atoms with Gasteiger partial charge in [-0.25, -0.2) is 16.8 Å². The molecule has 0 saturated carbocycles. The fourth-order valence-electron chi connectivity index (χ4n) is 4.30. The van der Waals surface area contributed by atoms with Crippen molar-refractivity contribution in [3.8, 4) is 0 Å². The first-order chi connectivity index (χ1) is 18.1. The summed E-state index contributed by atoms with van der Waals surface area (Å²) in [4.78, 5) is 12.8. The van der Waals surface area contributed by atoms with Gasteiger partial charge in [0.15, 0.2) is 0 Å². The number of sulfonamides is 2. The second-order valence-corrected chi connectivity index (χ2v) is 13.0. The molecule has 1 heterocycles. The molecular weight excluding hydrogens is 569 g/mol. The molecule has 0 spiro atoms. The van der Waals surface area contributed by atoms with Crippen LogP contribution in [0, 0.1) is 0 Å². The Balaban J connectivity index is 1.19. The molecule has 5 rings (SSSR count). The minimum atomic E-state index is -3.92. The second kappa shape index (κ2) is 10.1. The van der Waals surface area contributed by atoms with Gasteiger partial charge < -0.3 is 5.32 Å². The molecule has 4 aromatic carbocycles. The van der Waals surface area contributed by atoms with E-state index >= 15 is 0 Å². The fourth-order valence-corrected chi connectivity index (χ4v) is 7.64. The van der Waals surface area contributed by atoms with E-state index in [1.165, 1.54) is 46.8 Å². The molecule has 0 saturated heterocycles. The van der Waals surface area contributed by atoms with Gasteiger partial charge in [0.25, 0.3) is 20.0 Å². The topological polar surface area (TPSA) is 113 Å². The number of rotatable bonds is 8. The summed E-state index contributed by atoms with van der Waals surface area (Å²) < 4.78 is 55.2. The van der Waals surface area contributed by atoms with Crippen LogP contribution in [-0.4, -0.2) is 29.3 Å². The van der Waals surface area contributed by atoms with E-state index in [4.69, 9.17) is 23.2 Å². The Kier molecular flexibility index (Phi) is 6.99. The predicted octanol–water partition coefficient (Wildman–Crippen LogP) is 5.88. The van der Waals surface area contributed by atoms with Crippen molar-refractivity contribution in [2.45, 2.75) is 22.6 Å². The van der Waals surface area contributed by atoms with E-state index in [0.717, 1.165) is 5.39 Å². The highest BCUT2D eigenvalue weighted by molar-refractivity contribution is 7.93. The van der Waals surface area contributed by atoms with Crippen LogP contribution < -0.4 is 14.3 Å². The number of anilines is 3. The molecule has 196 valence electrons. The van der Waals surface area contributed by atoms with Crippen molar-refractivity contribution in [2.24, 2.45) is 0 Å². The van der Waals surface area contributed by atoms with Crippen molar-refractivity contribution in [3.05, 3.63) is 88.9 Å². The van der Waals surface area contributed by atoms with Crippen LogP contribution in [-0.2, 0) is 24.8 Å². The maximum absolute atomic E-state index is 13.1. The molecule has 0 atom stereocenters. The Bertz CT molecular complexity index is 1770. The molecule has 0 fully saturated rings. The average molecular weight is 591 g/mol. The molecule has 4 aromatic rings. The zero-order valence-electron chi connectivity index (χ0n) is 19.7. The lowest BCUT2D eigenvalue weighted by molar-refractivity contribution is -0.116. The van der Waals surface area contributed by atoms with Gasteiger partial charge in [-0.2, -0.15) is 0 Å². The zero-order chi connectivity index (χ0) is 27.1. The summed E-state index contributed by atoms with van der Waals surface area (Å²) in [5.41, 5.74) is 1.21. The smallest absolute Gasteiger partial charge is 0.265 e. The molecular formula is C26H21Cl2N3O5S2. The standard InChI is InChI=1S/C26H21Cl2N3O5S2/c27-18-9-14-22(21(28)16-18)30-37(33,34)20-12-10-19(11-13-20)29-25(32)8-3-15-31-23-6-1-4-17-5-2-7-24(26(17)23)38(31,35)36/h1-2,4-7,9-14,16,30H,3,8,15H2,(H,29,32). The van der Waals surface area contributed by atoms with Crippen molar-refractivity contribution < 1.29 is 21.6 Å². The molecule has 38 heavy (non-hydrogen) atoms. The number of halogens is 2. The van der Waals surface area contributed by atoms with Gasteiger partial charge in [0, 0.05) is 29.1 Å². The van der Waals surface area contributed by atoms with Crippen molar-refractivity contribution in [1.82, 2.24) is 0 Å². The lowest BCUT2D eigenvalue weighted by Crippen LogP contribution is -2.28. The third-order valence-corrected chi connectivity index (χ3v) is 9.85. The van der Waals surface area contributed by atoms with Crippen LogP contribution in [0.25, 0.3) is 10.8 Å². The van der Waals surface area contributed by atoms with E-state index in [1.807, 2.05) is 18.2 Å². The van der Waals surface area contributed by atoms with E-state index < -0.39 is 20.0 Å². The Hall–Kier alpha value is -3.31. The predicted molar refractivity (Wildman–Crippen MR) is 150 cm³/mol. The van der Waals surface area contributed by atoms with Gasteiger partial charge in [0.1, 0.15) is 0 Å². The highest BCUT2D eigenvalue weighted by Gasteiger charge is 2.35. The second-order valence-electron chi connectivity index (χ2n) is 8.61. The number of carbonyl (C=O) groups excluding carboxylic acids is 1. The van der Waals surface area contributed by atoms with Gasteiger partial charge in [-0.1, -0.05) is 47.5 Å². The van der Waals surface area contributed by atoms with Gasteiger partial charge in [-0.15, -0.1) is 0 Å². The van der Waals surface area contributed by atoms with E-state index in [-0.39, 0.29) is 39.4 Å². The van der Waals surface area contributed by atoms with E-state index in [9.17, 15) is 21.6 Å². The Labute approximate surface area is 230 Å². The molecule has 0 radical (unpaired) electrons. The third-order valence-electron chi connectivity index (χ3n) is 6.07. The first kappa shape index (κ1) is 26.3. The molecule has 0 bridgehead atoms. The highest BCUT2D eigenvalue weighted by atomic mass is 35.5. The van der Waals surface area contributed by atoms with Crippen LogP contribution in [0.5, 0.6) is 0 Å². The van der Waals surface area contributed by atoms with Crippen LogP contribution in [0.15, 0.2) is 88.7 Å². The molecule has 1 amide bonds. The largest absolute Gasteiger partial charge is 0.326 e. The van der Waals surface area contributed by atoms with E-state index in [1.54, 1.807) is 18.2 Å². The summed E-state index contributed by atoms with van der Waals surface area (Å²) in [7, 11) is -7.60. The quantitative estimate of drug-likeness (QED) is 0.266. The highest BCUT2D eigenvalue weighted by Crippen LogP contribution is 2.42. The SMILES string of the molecule is O=C(CCCN1c2cccc3cccc(c23)S1(=O)=O)Nc1ccc(S(=O)(=O)Nc2ccc(Cl)cc2Cl)cc1. The molecule has 0 aromatic heterocycles. The number of hydrogen-bond acceptors (Lipinski definition) is 5. The molecule has 1 aliphatic heterocycles. The van der Waals surface area contributed by atoms with Crippen LogP contribution in [0.2, 0.25) is 10.0 Å². The lowest BCUT2D eigenvalue weighted by Gasteiger charge is -2.18. The number of amides is 1. The van der Waals surface area contributed by atoms with Gasteiger partial charge >= 0.3 is 0 Å². The number of carbonyl (C=O) groups is 1. The summed E-state index contributed by atoms with van der Waals surface area (Å²) in [6.45, 7) is 0.152. The Morgan fingerprint density at radius 3 is 2.34 bits per heavy atom. The van der Waals surface area contributed by atoms with Crippen LogP contribution in [0.4, 0.5) is 17.1 Å². The first-order valence-corrected chi connectivity index (χ1v) is 15.2. The Morgan fingerprint density at radius 1 is 0.921 bits per heavy atom. The number of nitrogens with one attached hydrogen (secondary N) is 2. The monoisotopic (exact) mass is 589 g/mol. The first-order valence-electron chi connectivity index (χ1n) is 11.5. The maximum Gasteiger partial charge on any atom is 0.265 e. The number of hydrogen-bond donors (Lipinski definition) is 2. The maximum atomic E-state index is 13.1. The van der Waals surface area contributed by atoms with Crippen molar-refractivity contribution >= 4 is 77.0 Å². The summed E-state index contributed by atoms with van der Waals surface area (Å²) in [5, 5.41) is 4.79. The van der Waals surface area contributed by atoms with Crippen LogP contribution >= 0.6 is 23.2 Å². The lowest BCUT2D eigenvalue weighted by atomic mass is 10.1. The zero-order valence-corrected chi connectivity index (χ0v) is 22.8. The summed E-state index contributed by atoms with van der Waals surface area (Å²) in [6.07, 6.45) is 0.378. The number of nitrogens with zero attached hydrogens (tertiary/aromatic N) is 1. The third kappa shape index (κ3) is 5.04. The van der Waals surface area contributed by atoms with E-state index in [2.05, 4.69) is 10.0 Å². The van der Waals surface area contributed by atoms with Crippen LogP contribution in [0.1, 0.15) is 12.8 Å². The summed E-state index contributed by atoms with van der Waals surface area (Å²) >= 11 is 11.9. The van der Waals surface area contributed by atoms with Crippen molar-refractivity contribution in [3.63, 3.8) is 0 Å². The molecule has 1 aliphatic rings. The van der Waals surface area contributed by atoms with Crippen molar-refractivity contribution in [2.75, 3.05) is 20.9 Å². The van der Waals surface area contributed by atoms with Gasteiger partial charge in [0.2, 0.25) is 5.91 Å². The minimum absolute atomic E-state index is 0.0190. The Morgan fingerprint density at radius 2 is 1.63 bits per heavy atom. The van der Waals surface area contributed by atoms with Gasteiger partial charge in [-0.05, 0) is 66.4 Å². The fraction of sp³-hybridized carbons (Fsp3) is 0.115. The van der Waals surface area contributed by atoms with Gasteiger partial charge in [0.05, 0.1) is 26.2 Å². The summed E-state index contributed by atoms with van der Waals surface area (Å²) in [5.74, 6) is -0.320.